The van der Waals surface area contributed by atoms with Crippen LogP contribution < -0.4 is 0 Å². The molecule has 0 unspecified atom stereocenters. The van der Waals surface area contributed by atoms with Crippen LogP contribution in [0.2, 0.25) is 0 Å². The molecule has 0 saturated carbocycles. The number of rotatable bonds is 2. The van der Waals surface area contributed by atoms with Crippen LogP contribution in [0.3, 0.4) is 0 Å². The van der Waals surface area contributed by atoms with Gasteiger partial charge in [0, 0.05) is 58.3 Å². The minimum absolute atomic E-state index is 0.338. The Kier molecular flexibility index (Phi) is 6.12. The van der Waals surface area contributed by atoms with E-state index < -0.39 is 0 Å². The quantitative estimate of drug-likeness (QED) is 0.165. The molecule has 0 bridgehead atoms. The van der Waals surface area contributed by atoms with E-state index in [9.17, 15) is 0 Å². The van der Waals surface area contributed by atoms with Crippen LogP contribution in [0, 0.1) is 0 Å². The van der Waals surface area contributed by atoms with E-state index in [2.05, 4.69) is 182 Å². The van der Waals surface area contributed by atoms with E-state index in [0.717, 1.165) is 33.5 Å². The smallest absolute Gasteiger partial charge is 0.235 e. The molecule has 3 nitrogen and oxygen atoms in total. The zero-order chi connectivity index (χ0) is 37.6. The molecule has 1 aliphatic rings. The second-order valence-electron chi connectivity index (χ2n) is 16.0. The zero-order valence-corrected chi connectivity index (χ0v) is 32.2. The molecule has 3 aromatic heterocycles. The number of hydrogen-bond donors (Lipinski definition) is 0. The summed E-state index contributed by atoms with van der Waals surface area (Å²) in [7, 11) is 0. The molecule has 0 spiro atoms. The van der Waals surface area contributed by atoms with E-state index in [4.69, 9.17) is 9.97 Å². The molecule has 57 heavy (non-hydrogen) atoms. The summed E-state index contributed by atoms with van der Waals surface area (Å²) in [4.78, 5) is 11.5. The lowest BCUT2D eigenvalue weighted by molar-refractivity contribution is 0.632. The Hall–Kier alpha value is -6.88. The van der Waals surface area contributed by atoms with Gasteiger partial charge in [0.15, 0.2) is 0 Å². The monoisotopic (exact) mass is 743 g/mol. The molecule has 1 aliphatic carbocycles. The Morgan fingerprint density at radius 2 is 1.09 bits per heavy atom. The number of nitrogens with zero attached hydrogens (tertiary/aromatic N) is 3. The fraction of sp³-hybridized carbons (Fsp3) is 0.0566. The minimum atomic E-state index is -0.338. The summed E-state index contributed by atoms with van der Waals surface area (Å²) in [5.41, 5.74) is 8.73. The molecule has 0 atom stereocenters. The molecule has 9 aromatic carbocycles. The molecular formula is C53H33N3S. The van der Waals surface area contributed by atoms with Gasteiger partial charge < -0.3 is 0 Å². The van der Waals surface area contributed by atoms with Crippen LogP contribution in [-0.2, 0) is 5.41 Å². The second kappa shape index (κ2) is 11.1. The standard InChI is InChI=1S/C53H33N3S/c1-53(2)42-24-11-9-21-39(42)47-48(41-23-13-22-38-35-19-10-12-25-44(35)57-50(38)41)54-52(55-51(47)53)56-43-29-28-37-34-18-6-5-16-32(34)33-17-7-8-20-36(33)45(37)46(43)40-27-26-30-14-3-4-15-31(30)49(40)56/h3-29H,1-2H3. The van der Waals surface area contributed by atoms with Crippen LogP contribution in [0.25, 0.3) is 113 Å². The molecule has 0 radical (unpaired) electrons. The van der Waals surface area contributed by atoms with Gasteiger partial charge in [-0.05, 0) is 55.6 Å². The topological polar surface area (TPSA) is 30.7 Å². The summed E-state index contributed by atoms with van der Waals surface area (Å²) in [6.07, 6.45) is 0. The first kappa shape index (κ1) is 31.3. The predicted molar refractivity (Wildman–Crippen MR) is 242 cm³/mol. The van der Waals surface area contributed by atoms with Crippen molar-refractivity contribution in [3.8, 4) is 28.3 Å². The van der Waals surface area contributed by atoms with E-state index in [1.54, 1.807) is 0 Å². The first-order valence-corrected chi connectivity index (χ1v) is 20.5. The highest BCUT2D eigenvalue weighted by atomic mass is 32.1. The number of hydrogen-bond acceptors (Lipinski definition) is 3. The fourth-order valence-corrected chi connectivity index (χ4v) is 11.4. The van der Waals surface area contributed by atoms with E-state index in [1.165, 1.54) is 85.2 Å². The molecule has 3 heterocycles. The Bertz CT molecular complexity index is 3700. The lowest BCUT2D eigenvalue weighted by atomic mass is 9.85. The fourth-order valence-electron chi connectivity index (χ4n) is 10.2. The molecule has 0 N–H and O–H groups in total. The summed E-state index contributed by atoms with van der Waals surface area (Å²) < 4.78 is 4.92. The van der Waals surface area contributed by atoms with Crippen molar-refractivity contribution in [1.82, 2.24) is 14.5 Å². The summed E-state index contributed by atoms with van der Waals surface area (Å²) in [6, 6.07) is 60.1. The molecule has 0 amide bonds. The van der Waals surface area contributed by atoms with Gasteiger partial charge in [-0.15, -0.1) is 11.3 Å². The summed E-state index contributed by atoms with van der Waals surface area (Å²) >= 11 is 1.86. The van der Waals surface area contributed by atoms with Crippen LogP contribution in [0.1, 0.15) is 25.1 Å². The third-order valence-electron chi connectivity index (χ3n) is 12.7. The maximum absolute atomic E-state index is 5.80. The van der Waals surface area contributed by atoms with Crippen molar-refractivity contribution in [2.75, 3.05) is 0 Å². The van der Waals surface area contributed by atoms with Crippen molar-refractivity contribution >= 4 is 96.4 Å². The van der Waals surface area contributed by atoms with Gasteiger partial charge in [-0.2, -0.15) is 0 Å². The van der Waals surface area contributed by atoms with Gasteiger partial charge >= 0.3 is 0 Å². The third-order valence-corrected chi connectivity index (χ3v) is 14.0. The predicted octanol–water partition coefficient (Wildman–Crippen LogP) is 14.5. The molecule has 0 fully saturated rings. The normalized spacial score (nSPS) is 13.6. The van der Waals surface area contributed by atoms with Gasteiger partial charge in [0.2, 0.25) is 5.95 Å². The molecule has 13 rings (SSSR count). The van der Waals surface area contributed by atoms with Gasteiger partial charge in [0.25, 0.3) is 0 Å². The van der Waals surface area contributed by atoms with Crippen molar-refractivity contribution in [3.63, 3.8) is 0 Å². The average Bonchev–Trinajstić information content (AvgIpc) is 3.89. The first-order valence-electron chi connectivity index (χ1n) is 19.7. The lowest BCUT2D eigenvalue weighted by Gasteiger charge is -2.21. The van der Waals surface area contributed by atoms with Crippen LogP contribution >= 0.6 is 11.3 Å². The van der Waals surface area contributed by atoms with Crippen LogP contribution in [-0.4, -0.2) is 14.5 Å². The van der Waals surface area contributed by atoms with Crippen molar-refractivity contribution in [1.29, 1.82) is 0 Å². The van der Waals surface area contributed by atoms with Crippen molar-refractivity contribution < 1.29 is 0 Å². The van der Waals surface area contributed by atoms with E-state index in [0.29, 0.717) is 5.95 Å². The van der Waals surface area contributed by atoms with Gasteiger partial charge in [-0.3, -0.25) is 4.57 Å². The number of aromatic nitrogens is 3. The van der Waals surface area contributed by atoms with Crippen molar-refractivity contribution in [3.05, 3.63) is 175 Å². The number of thiophene rings is 1. The first-order chi connectivity index (χ1) is 28.1. The van der Waals surface area contributed by atoms with Gasteiger partial charge in [-0.25, -0.2) is 9.97 Å². The SMILES string of the molecule is CC1(C)c2ccccc2-c2c(-c3cccc4c3sc3ccccc34)nc(-n3c4ccc5c6ccccc6c6ccccc6c5c4c4ccc5ccccc5c43)nc21. The highest BCUT2D eigenvalue weighted by Crippen LogP contribution is 2.53. The van der Waals surface area contributed by atoms with Gasteiger partial charge in [0.05, 0.1) is 22.4 Å². The van der Waals surface area contributed by atoms with Crippen molar-refractivity contribution in [2.45, 2.75) is 19.3 Å². The maximum atomic E-state index is 5.80. The Morgan fingerprint density at radius 3 is 1.91 bits per heavy atom. The summed E-state index contributed by atoms with van der Waals surface area (Å²) in [5.74, 6) is 0.698. The molecule has 0 saturated heterocycles. The highest BCUT2D eigenvalue weighted by molar-refractivity contribution is 7.26. The van der Waals surface area contributed by atoms with Crippen molar-refractivity contribution in [2.24, 2.45) is 0 Å². The lowest BCUT2D eigenvalue weighted by Crippen LogP contribution is -2.18. The van der Waals surface area contributed by atoms with Crippen LogP contribution in [0.5, 0.6) is 0 Å². The Morgan fingerprint density at radius 1 is 0.474 bits per heavy atom. The minimum Gasteiger partial charge on any atom is -0.277 e. The average molecular weight is 744 g/mol. The molecule has 266 valence electrons. The molecule has 12 aromatic rings. The summed E-state index contributed by atoms with van der Waals surface area (Å²) in [5, 5.41) is 14.9. The van der Waals surface area contributed by atoms with E-state index in [-0.39, 0.29) is 5.41 Å². The van der Waals surface area contributed by atoms with Crippen LogP contribution in [0.4, 0.5) is 0 Å². The molecular weight excluding hydrogens is 711 g/mol. The molecule has 4 heteroatoms. The summed E-state index contributed by atoms with van der Waals surface area (Å²) in [6.45, 7) is 4.65. The Balaban J connectivity index is 1.24. The number of fused-ring (bicyclic) bond motifs is 18. The van der Waals surface area contributed by atoms with Gasteiger partial charge in [0.1, 0.15) is 0 Å². The maximum Gasteiger partial charge on any atom is 0.235 e. The largest absolute Gasteiger partial charge is 0.277 e. The molecule has 0 aliphatic heterocycles. The third kappa shape index (κ3) is 4.05. The number of benzene rings is 9. The van der Waals surface area contributed by atoms with E-state index >= 15 is 0 Å². The zero-order valence-electron chi connectivity index (χ0n) is 31.3. The Labute approximate surface area is 332 Å². The van der Waals surface area contributed by atoms with Crippen LogP contribution in [0.15, 0.2) is 164 Å². The second-order valence-corrected chi connectivity index (χ2v) is 17.1. The van der Waals surface area contributed by atoms with Gasteiger partial charge in [-0.1, -0.05) is 166 Å². The highest BCUT2D eigenvalue weighted by Gasteiger charge is 2.40. The van der Waals surface area contributed by atoms with E-state index in [1.807, 2.05) is 11.3 Å².